The van der Waals surface area contributed by atoms with Gasteiger partial charge in [0, 0.05) is 12.3 Å². The molecule has 0 saturated carbocycles. The molecule has 0 aliphatic rings. The number of rotatable bonds is 3. The summed E-state index contributed by atoms with van der Waals surface area (Å²) in [6, 6.07) is 7.27. The monoisotopic (exact) mass is 350 g/mol. The standard InChI is InChI=1S/C16H14N8O2/c1-9-19-11(6-12(17)20-9)14-15(22-13-4-2-3-5-23(13)14)21-10-7-18-24(8-10)16(25)26/h2-8,21H,1H3,(H,25,26)(H2,17,19,20). The van der Waals surface area contributed by atoms with E-state index in [1.807, 2.05) is 28.8 Å². The summed E-state index contributed by atoms with van der Waals surface area (Å²) in [5.41, 5.74) is 8.33. The van der Waals surface area contributed by atoms with Gasteiger partial charge in [0.15, 0.2) is 5.82 Å². The van der Waals surface area contributed by atoms with Crippen LogP contribution in [0.1, 0.15) is 5.82 Å². The Kier molecular flexibility index (Phi) is 3.50. The van der Waals surface area contributed by atoms with E-state index in [0.717, 1.165) is 4.68 Å². The van der Waals surface area contributed by atoms with Gasteiger partial charge in [0.05, 0.1) is 23.8 Å². The number of hydrogen-bond donors (Lipinski definition) is 3. The number of imidazole rings is 1. The fourth-order valence-corrected chi connectivity index (χ4v) is 2.67. The van der Waals surface area contributed by atoms with E-state index in [0.29, 0.717) is 40.2 Å². The summed E-state index contributed by atoms with van der Waals surface area (Å²) in [5, 5.41) is 15.9. The summed E-state index contributed by atoms with van der Waals surface area (Å²) < 4.78 is 2.68. The van der Waals surface area contributed by atoms with Gasteiger partial charge < -0.3 is 16.2 Å². The molecule has 4 aromatic rings. The predicted molar refractivity (Wildman–Crippen MR) is 94.3 cm³/mol. The smallest absolute Gasteiger partial charge is 0.432 e. The molecule has 0 radical (unpaired) electrons. The van der Waals surface area contributed by atoms with Gasteiger partial charge in [-0.05, 0) is 19.1 Å². The molecule has 0 spiro atoms. The lowest BCUT2D eigenvalue weighted by atomic mass is 10.2. The van der Waals surface area contributed by atoms with Crippen molar-refractivity contribution >= 4 is 29.1 Å². The molecule has 26 heavy (non-hydrogen) atoms. The number of anilines is 3. The number of aromatic nitrogens is 6. The number of carbonyl (C=O) groups is 1. The fourth-order valence-electron chi connectivity index (χ4n) is 2.67. The molecule has 0 bridgehead atoms. The summed E-state index contributed by atoms with van der Waals surface area (Å²) in [4.78, 5) is 24.1. The van der Waals surface area contributed by atoms with Crippen LogP contribution in [0.5, 0.6) is 0 Å². The Hall–Kier alpha value is -3.95. The topological polar surface area (TPSA) is 136 Å². The van der Waals surface area contributed by atoms with Gasteiger partial charge in [-0.1, -0.05) is 6.07 Å². The zero-order chi connectivity index (χ0) is 18.3. The van der Waals surface area contributed by atoms with E-state index in [1.54, 1.807) is 13.0 Å². The Morgan fingerprint density at radius 1 is 1.27 bits per heavy atom. The minimum atomic E-state index is -1.17. The molecular weight excluding hydrogens is 336 g/mol. The summed E-state index contributed by atoms with van der Waals surface area (Å²) in [6.45, 7) is 1.76. The first-order valence-corrected chi connectivity index (χ1v) is 7.65. The number of aryl methyl sites for hydroxylation is 1. The van der Waals surface area contributed by atoms with Crippen molar-refractivity contribution in [3.05, 3.63) is 48.7 Å². The second-order valence-electron chi connectivity index (χ2n) is 5.54. The normalized spacial score (nSPS) is 11.0. The van der Waals surface area contributed by atoms with Crippen LogP contribution < -0.4 is 11.1 Å². The minimum absolute atomic E-state index is 0.350. The first-order valence-electron chi connectivity index (χ1n) is 7.65. The number of nitrogens with one attached hydrogen (secondary N) is 1. The lowest BCUT2D eigenvalue weighted by Crippen LogP contribution is -2.07. The second-order valence-corrected chi connectivity index (χ2v) is 5.54. The largest absolute Gasteiger partial charge is 0.463 e. The molecule has 0 saturated heterocycles. The quantitative estimate of drug-likeness (QED) is 0.511. The van der Waals surface area contributed by atoms with Crippen molar-refractivity contribution in [1.82, 2.24) is 29.1 Å². The summed E-state index contributed by atoms with van der Waals surface area (Å²) in [7, 11) is 0. The van der Waals surface area contributed by atoms with E-state index >= 15 is 0 Å². The van der Waals surface area contributed by atoms with Crippen LogP contribution >= 0.6 is 0 Å². The Morgan fingerprint density at radius 2 is 2.12 bits per heavy atom. The molecule has 0 fully saturated rings. The first kappa shape index (κ1) is 15.6. The number of nitrogens with two attached hydrogens (primary N) is 1. The van der Waals surface area contributed by atoms with E-state index in [-0.39, 0.29) is 0 Å². The van der Waals surface area contributed by atoms with Gasteiger partial charge in [0.25, 0.3) is 0 Å². The van der Waals surface area contributed by atoms with Crippen molar-refractivity contribution in [2.24, 2.45) is 0 Å². The molecule has 0 aromatic carbocycles. The molecule has 4 aromatic heterocycles. The maximum absolute atomic E-state index is 11.0. The summed E-state index contributed by atoms with van der Waals surface area (Å²) in [5.74, 6) is 1.39. The third kappa shape index (κ3) is 2.69. The third-order valence-electron chi connectivity index (χ3n) is 3.67. The lowest BCUT2D eigenvalue weighted by molar-refractivity contribution is 0.192. The second kappa shape index (κ2) is 5.84. The van der Waals surface area contributed by atoms with Gasteiger partial charge in [-0.3, -0.25) is 4.40 Å². The van der Waals surface area contributed by atoms with Crippen molar-refractivity contribution in [3.63, 3.8) is 0 Å². The van der Waals surface area contributed by atoms with Crippen LogP contribution in [0.2, 0.25) is 0 Å². The SMILES string of the molecule is Cc1nc(N)cc(-c2c(Nc3cnn(C(=O)O)c3)nc3ccccn23)n1. The average molecular weight is 350 g/mol. The fraction of sp³-hybridized carbons (Fsp3) is 0.0625. The Balaban J connectivity index is 1.87. The van der Waals surface area contributed by atoms with Crippen LogP contribution in [0, 0.1) is 6.92 Å². The minimum Gasteiger partial charge on any atom is -0.463 e. The summed E-state index contributed by atoms with van der Waals surface area (Å²) >= 11 is 0. The molecule has 0 aliphatic heterocycles. The molecule has 0 amide bonds. The van der Waals surface area contributed by atoms with E-state index < -0.39 is 6.09 Å². The Labute approximate surface area is 147 Å². The Morgan fingerprint density at radius 3 is 2.85 bits per heavy atom. The zero-order valence-corrected chi connectivity index (χ0v) is 13.7. The van der Waals surface area contributed by atoms with Gasteiger partial charge in [0.2, 0.25) is 0 Å². The molecule has 4 heterocycles. The van der Waals surface area contributed by atoms with Crippen LogP contribution in [0.25, 0.3) is 17.0 Å². The number of nitrogens with zero attached hydrogens (tertiary/aromatic N) is 6. The highest BCUT2D eigenvalue weighted by Crippen LogP contribution is 2.30. The van der Waals surface area contributed by atoms with Gasteiger partial charge in [0.1, 0.15) is 23.0 Å². The number of carboxylic acid groups (broad SMARTS) is 1. The van der Waals surface area contributed by atoms with Crippen molar-refractivity contribution in [2.45, 2.75) is 6.92 Å². The van der Waals surface area contributed by atoms with Gasteiger partial charge >= 0.3 is 6.09 Å². The highest BCUT2D eigenvalue weighted by molar-refractivity contribution is 5.79. The van der Waals surface area contributed by atoms with Crippen LogP contribution in [0.15, 0.2) is 42.9 Å². The number of hydrogen-bond acceptors (Lipinski definition) is 7. The maximum atomic E-state index is 11.0. The van der Waals surface area contributed by atoms with Crippen LogP contribution in [-0.2, 0) is 0 Å². The average Bonchev–Trinajstić information content (AvgIpc) is 3.18. The van der Waals surface area contributed by atoms with E-state index in [9.17, 15) is 4.79 Å². The first-order chi connectivity index (χ1) is 12.5. The molecule has 10 heteroatoms. The Bertz CT molecular complexity index is 1110. The molecule has 4 N–H and O–H groups in total. The van der Waals surface area contributed by atoms with E-state index in [4.69, 9.17) is 10.8 Å². The molecular formula is C16H14N8O2. The van der Waals surface area contributed by atoms with Crippen molar-refractivity contribution in [2.75, 3.05) is 11.1 Å². The number of pyridine rings is 1. The highest BCUT2D eigenvalue weighted by atomic mass is 16.4. The predicted octanol–water partition coefficient (Wildman–Crippen LogP) is 2.15. The lowest BCUT2D eigenvalue weighted by Gasteiger charge is -2.07. The van der Waals surface area contributed by atoms with Crippen molar-refractivity contribution < 1.29 is 9.90 Å². The zero-order valence-electron chi connectivity index (χ0n) is 13.7. The molecule has 10 nitrogen and oxygen atoms in total. The van der Waals surface area contributed by atoms with Gasteiger partial charge in [-0.15, -0.1) is 0 Å². The van der Waals surface area contributed by atoms with E-state index in [2.05, 4.69) is 25.4 Å². The van der Waals surface area contributed by atoms with Crippen molar-refractivity contribution in [1.29, 1.82) is 0 Å². The number of nitrogen functional groups attached to an aromatic ring is 1. The molecule has 0 atom stereocenters. The number of fused-ring (bicyclic) bond motifs is 1. The van der Waals surface area contributed by atoms with Crippen molar-refractivity contribution in [3.8, 4) is 11.4 Å². The molecule has 4 rings (SSSR count). The van der Waals surface area contributed by atoms with Gasteiger partial charge in [-0.25, -0.2) is 19.7 Å². The molecule has 0 aliphatic carbocycles. The maximum Gasteiger partial charge on any atom is 0.432 e. The van der Waals surface area contributed by atoms with Crippen LogP contribution in [0.4, 0.5) is 22.1 Å². The molecule has 130 valence electrons. The van der Waals surface area contributed by atoms with Crippen LogP contribution in [0.3, 0.4) is 0 Å². The highest BCUT2D eigenvalue weighted by Gasteiger charge is 2.17. The van der Waals surface area contributed by atoms with Gasteiger partial charge in [-0.2, -0.15) is 9.78 Å². The van der Waals surface area contributed by atoms with E-state index in [1.165, 1.54) is 12.4 Å². The third-order valence-corrected chi connectivity index (χ3v) is 3.67. The van der Waals surface area contributed by atoms with Crippen LogP contribution in [-0.4, -0.2) is 40.3 Å². The molecule has 0 unspecified atom stereocenters. The summed E-state index contributed by atoms with van der Waals surface area (Å²) in [6.07, 6.45) is 3.45.